The molecule has 0 aliphatic heterocycles. The van der Waals surface area contributed by atoms with Crippen molar-refractivity contribution in [2.45, 2.75) is 6.92 Å². The van der Waals surface area contributed by atoms with E-state index < -0.39 is 5.97 Å². The summed E-state index contributed by atoms with van der Waals surface area (Å²) in [6, 6.07) is 2.56. The lowest BCUT2D eigenvalue weighted by atomic mass is 10.1. The third-order valence-corrected chi connectivity index (χ3v) is 1.91. The first-order valence-electron chi connectivity index (χ1n) is 3.25. The molecule has 12 heavy (non-hydrogen) atoms. The number of carboxylic acid groups (broad SMARTS) is 1. The van der Waals surface area contributed by atoms with E-state index in [0.717, 1.165) is 0 Å². The second-order valence-corrected chi connectivity index (χ2v) is 2.83. The van der Waals surface area contributed by atoms with Crippen LogP contribution in [-0.4, -0.2) is 16.2 Å². The van der Waals surface area contributed by atoms with Gasteiger partial charge >= 0.3 is 5.97 Å². The van der Waals surface area contributed by atoms with E-state index in [9.17, 15) is 4.79 Å². The number of rotatable bonds is 1. The Bertz CT molecular complexity index is 333. The van der Waals surface area contributed by atoms with Crippen LogP contribution in [0.1, 0.15) is 15.9 Å². The van der Waals surface area contributed by atoms with E-state index >= 15 is 0 Å². The van der Waals surface area contributed by atoms with Crippen LogP contribution in [-0.2, 0) is 0 Å². The Morgan fingerprint density at radius 1 is 1.50 bits per heavy atom. The number of hydrogen-bond donors (Lipinski definition) is 2. The van der Waals surface area contributed by atoms with Gasteiger partial charge in [-0.1, -0.05) is 11.6 Å². The third-order valence-electron chi connectivity index (χ3n) is 1.51. The fourth-order valence-corrected chi connectivity index (χ4v) is 1.00. The van der Waals surface area contributed by atoms with Crippen LogP contribution in [0.4, 0.5) is 0 Å². The smallest absolute Gasteiger partial charge is 0.339 e. The number of aromatic hydroxyl groups is 1. The van der Waals surface area contributed by atoms with Gasteiger partial charge in [-0.25, -0.2) is 4.79 Å². The highest BCUT2D eigenvalue weighted by Crippen LogP contribution is 2.25. The van der Waals surface area contributed by atoms with Gasteiger partial charge in [0.2, 0.25) is 0 Å². The summed E-state index contributed by atoms with van der Waals surface area (Å²) in [7, 11) is 0. The first-order valence-corrected chi connectivity index (χ1v) is 3.62. The van der Waals surface area contributed by atoms with Crippen LogP contribution in [0.3, 0.4) is 0 Å². The first-order chi connectivity index (χ1) is 5.52. The minimum Gasteiger partial charge on any atom is -0.507 e. The standard InChI is InChI=1S/C8H7ClO3/c1-4-2-7(10)5(8(11)12)3-6(4)9/h2-3,10H,1H3,(H,11,12). The monoisotopic (exact) mass is 186 g/mol. The topological polar surface area (TPSA) is 57.5 Å². The average molecular weight is 187 g/mol. The van der Waals surface area contributed by atoms with Crippen LogP contribution in [0.25, 0.3) is 0 Å². The zero-order chi connectivity index (χ0) is 9.30. The second kappa shape index (κ2) is 3.03. The molecule has 1 aromatic carbocycles. The van der Waals surface area contributed by atoms with Crippen molar-refractivity contribution in [1.29, 1.82) is 0 Å². The van der Waals surface area contributed by atoms with Gasteiger partial charge in [0.25, 0.3) is 0 Å². The Kier molecular flexibility index (Phi) is 2.24. The number of aryl methyl sites for hydroxylation is 1. The van der Waals surface area contributed by atoms with E-state index in [0.29, 0.717) is 10.6 Å². The molecule has 0 spiro atoms. The Morgan fingerprint density at radius 2 is 2.08 bits per heavy atom. The number of benzene rings is 1. The first kappa shape index (κ1) is 8.87. The molecule has 64 valence electrons. The molecule has 0 radical (unpaired) electrons. The zero-order valence-electron chi connectivity index (χ0n) is 6.34. The van der Waals surface area contributed by atoms with E-state index in [1.807, 2.05) is 0 Å². The Morgan fingerprint density at radius 3 is 2.58 bits per heavy atom. The predicted octanol–water partition coefficient (Wildman–Crippen LogP) is 2.05. The maximum atomic E-state index is 10.5. The van der Waals surface area contributed by atoms with Gasteiger partial charge in [0.05, 0.1) is 0 Å². The van der Waals surface area contributed by atoms with Crippen molar-refractivity contribution in [2.24, 2.45) is 0 Å². The summed E-state index contributed by atoms with van der Waals surface area (Å²) in [4.78, 5) is 10.5. The molecule has 0 atom stereocenters. The number of phenols is 1. The van der Waals surface area contributed by atoms with Gasteiger partial charge in [-0.05, 0) is 24.6 Å². The Hall–Kier alpha value is -1.22. The Balaban J connectivity index is 3.33. The molecule has 0 amide bonds. The van der Waals surface area contributed by atoms with E-state index in [-0.39, 0.29) is 11.3 Å². The van der Waals surface area contributed by atoms with Crippen LogP contribution >= 0.6 is 11.6 Å². The predicted molar refractivity (Wildman–Crippen MR) is 44.8 cm³/mol. The van der Waals surface area contributed by atoms with Gasteiger partial charge in [0, 0.05) is 5.02 Å². The maximum absolute atomic E-state index is 10.5. The molecule has 0 aliphatic carbocycles. The maximum Gasteiger partial charge on any atom is 0.339 e. The second-order valence-electron chi connectivity index (χ2n) is 2.42. The summed E-state index contributed by atoms with van der Waals surface area (Å²) >= 11 is 5.66. The number of carbonyl (C=O) groups is 1. The molecule has 0 unspecified atom stereocenters. The van der Waals surface area contributed by atoms with E-state index in [2.05, 4.69) is 0 Å². The van der Waals surface area contributed by atoms with Gasteiger partial charge in [0.1, 0.15) is 11.3 Å². The van der Waals surface area contributed by atoms with Gasteiger partial charge in [-0.2, -0.15) is 0 Å². The normalized spacial score (nSPS) is 9.83. The molecule has 0 aliphatic rings. The molecule has 1 aromatic rings. The average Bonchev–Trinajstić information content (AvgIpc) is 1.96. The SMILES string of the molecule is Cc1cc(O)c(C(=O)O)cc1Cl. The van der Waals surface area contributed by atoms with Crippen molar-refractivity contribution in [3.63, 3.8) is 0 Å². The highest BCUT2D eigenvalue weighted by atomic mass is 35.5. The van der Waals surface area contributed by atoms with E-state index in [4.69, 9.17) is 21.8 Å². The number of carboxylic acids is 1. The van der Waals surface area contributed by atoms with Crippen LogP contribution in [0, 0.1) is 6.92 Å². The molecular weight excluding hydrogens is 180 g/mol. The third kappa shape index (κ3) is 1.51. The summed E-state index contributed by atoms with van der Waals surface area (Å²) in [5, 5.41) is 18.0. The molecular formula is C8H7ClO3. The molecule has 4 heteroatoms. The van der Waals surface area contributed by atoms with Crippen molar-refractivity contribution in [3.05, 3.63) is 28.3 Å². The lowest BCUT2D eigenvalue weighted by molar-refractivity contribution is 0.0694. The van der Waals surface area contributed by atoms with E-state index in [1.54, 1.807) is 6.92 Å². The lowest BCUT2D eigenvalue weighted by Crippen LogP contribution is -1.97. The summed E-state index contributed by atoms with van der Waals surface area (Å²) in [6.07, 6.45) is 0. The van der Waals surface area contributed by atoms with Crippen LogP contribution in [0.5, 0.6) is 5.75 Å². The van der Waals surface area contributed by atoms with Crippen LogP contribution in [0.2, 0.25) is 5.02 Å². The summed E-state index contributed by atoms with van der Waals surface area (Å²) in [5.74, 6) is -1.45. The molecule has 3 nitrogen and oxygen atoms in total. The van der Waals surface area contributed by atoms with Gasteiger partial charge in [-0.15, -0.1) is 0 Å². The van der Waals surface area contributed by atoms with Crippen molar-refractivity contribution >= 4 is 17.6 Å². The number of halogens is 1. The van der Waals surface area contributed by atoms with Gasteiger partial charge in [0.15, 0.2) is 0 Å². The quantitative estimate of drug-likeness (QED) is 0.706. The lowest BCUT2D eigenvalue weighted by Gasteiger charge is -2.02. The molecule has 0 heterocycles. The molecule has 0 saturated carbocycles. The highest BCUT2D eigenvalue weighted by Gasteiger charge is 2.11. The van der Waals surface area contributed by atoms with Crippen molar-refractivity contribution in [3.8, 4) is 5.75 Å². The summed E-state index contributed by atoms with van der Waals surface area (Å²) < 4.78 is 0. The summed E-state index contributed by atoms with van der Waals surface area (Å²) in [6.45, 7) is 1.69. The van der Waals surface area contributed by atoms with Gasteiger partial charge in [-0.3, -0.25) is 0 Å². The molecule has 0 fully saturated rings. The fourth-order valence-electron chi connectivity index (χ4n) is 0.838. The molecule has 0 bridgehead atoms. The summed E-state index contributed by atoms with van der Waals surface area (Å²) in [5.41, 5.74) is 0.477. The largest absolute Gasteiger partial charge is 0.507 e. The van der Waals surface area contributed by atoms with Crippen molar-refractivity contribution < 1.29 is 15.0 Å². The Labute approximate surface area is 74.2 Å². The number of hydrogen-bond acceptors (Lipinski definition) is 2. The van der Waals surface area contributed by atoms with Crippen LogP contribution < -0.4 is 0 Å². The molecule has 0 saturated heterocycles. The minimum absolute atomic E-state index is 0.175. The van der Waals surface area contributed by atoms with Crippen LogP contribution in [0.15, 0.2) is 12.1 Å². The van der Waals surface area contributed by atoms with Gasteiger partial charge < -0.3 is 10.2 Å². The van der Waals surface area contributed by atoms with Crippen molar-refractivity contribution in [2.75, 3.05) is 0 Å². The molecule has 0 aromatic heterocycles. The zero-order valence-corrected chi connectivity index (χ0v) is 7.09. The highest BCUT2D eigenvalue weighted by molar-refractivity contribution is 6.31. The fraction of sp³-hybridized carbons (Fsp3) is 0.125. The van der Waals surface area contributed by atoms with E-state index in [1.165, 1.54) is 12.1 Å². The van der Waals surface area contributed by atoms with Crippen molar-refractivity contribution in [1.82, 2.24) is 0 Å². The number of aromatic carboxylic acids is 1. The molecule has 1 rings (SSSR count). The molecule has 2 N–H and O–H groups in total. The minimum atomic E-state index is -1.19.